The second-order valence-corrected chi connectivity index (χ2v) is 16.5. The van der Waals surface area contributed by atoms with Crippen molar-refractivity contribution in [1.82, 2.24) is 24.7 Å². The highest BCUT2D eigenvalue weighted by atomic mass is 35.5. The summed E-state index contributed by atoms with van der Waals surface area (Å²) < 4.78 is 11.7. The number of carbonyl (C=O) groups excluding carboxylic acids is 1. The largest absolute Gasteiger partial charge is 0.487 e. The van der Waals surface area contributed by atoms with Crippen molar-refractivity contribution in [2.45, 2.75) is 84.0 Å². The minimum atomic E-state index is -0.450. The highest BCUT2D eigenvalue weighted by Crippen LogP contribution is 2.35. The van der Waals surface area contributed by atoms with Crippen LogP contribution in [-0.4, -0.2) is 101 Å². The van der Waals surface area contributed by atoms with E-state index in [1.807, 2.05) is 62.2 Å². The number of amides is 1. The molecule has 3 aliphatic rings. The van der Waals surface area contributed by atoms with Gasteiger partial charge in [0.05, 0.1) is 17.3 Å². The van der Waals surface area contributed by atoms with E-state index in [0.717, 1.165) is 106 Å². The number of halogens is 1. The second kappa shape index (κ2) is 16.4. The number of hydrogen-bond donors (Lipinski definition) is 0. The monoisotopic (exact) mass is 727 g/mol. The normalized spacial score (nSPS) is 18.6. The zero-order chi connectivity index (χ0) is 36.9. The van der Waals surface area contributed by atoms with Crippen LogP contribution in [-0.2, 0) is 16.8 Å². The van der Waals surface area contributed by atoms with Gasteiger partial charge in [0, 0.05) is 68.5 Å². The van der Waals surface area contributed by atoms with Gasteiger partial charge in [-0.1, -0.05) is 37.6 Å². The van der Waals surface area contributed by atoms with Crippen LogP contribution in [0.25, 0.3) is 0 Å². The molecule has 52 heavy (non-hydrogen) atoms. The van der Waals surface area contributed by atoms with E-state index in [1.165, 1.54) is 12.8 Å². The highest BCUT2D eigenvalue weighted by molar-refractivity contribution is 6.30. The molecule has 3 saturated heterocycles. The Morgan fingerprint density at radius 3 is 2.23 bits per heavy atom. The van der Waals surface area contributed by atoms with Gasteiger partial charge in [-0.15, -0.1) is 0 Å². The molecular weight excluding hydrogens is 674 g/mol. The molecule has 0 N–H and O–H groups in total. The van der Waals surface area contributed by atoms with Gasteiger partial charge in [-0.05, 0) is 113 Å². The van der Waals surface area contributed by atoms with Crippen LogP contribution in [0.2, 0.25) is 5.02 Å². The smallest absolute Gasteiger partial charge is 0.410 e. The van der Waals surface area contributed by atoms with Crippen molar-refractivity contribution in [1.29, 1.82) is 5.26 Å². The molecule has 0 saturated carbocycles. The minimum absolute atomic E-state index is 0.188. The van der Waals surface area contributed by atoms with Crippen molar-refractivity contribution >= 4 is 23.6 Å². The number of carbonyl (C=O) groups is 1. The molecule has 0 aliphatic carbocycles. The molecule has 4 heterocycles. The molecule has 3 aliphatic heterocycles. The molecule has 6 rings (SSSR count). The quantitative estimate of drug-likeness (QED) is 0.228. The van der Waals surface area contributed by atoms with Crippen LogP contribution in [0.15, 0.2) is 54.7 Å². The third-order valence-corrected chi connectivity index (χ3v) is 11.1. The molecule has 3 aromatic rings. The Morgan fingerprint density at radius 2 is 1.58 bits per heavy atom. The number of ether oxygens (including phenoxy) is 2. The first-order valence-corrected chi connectivity index (χ1v) is 19.2. The maximum absolute atomic E-state index is 12.4. The fourth-order valence-corrected chi connectivity index (χ4v) is 7.90. The van der Waals surface area contributed by atoms with Crippen molar-refractivity contribution in [2.75, 3.05) is 63.8 Å². The average Bonchev–Trinajstić information content (AvgIpc) is 3.14. The van der Waals surface area contributed by atoms with Gasteiger partial charge in [0.1, 0.15) is 18.0 Å². The van der Waals surface area contributed by atoms with Crippen molar-refractivity contribution in [2.24, 2.45) is 5.92 Å². The Kier molecular flexibility index (Phi) is 11.9. The van der Waals surface area contributed by atoms with Crippen LogP contribution in [0.4, 0.5) is 10.7 Å². The highest BCUT2D eigenvalue weighted by Gasteiger charge is 2.31. The number of anilines is 1. The Balaban J connectivity index is 0.922. The summed E-state index contributed by atoms with van der Waals surface area (Å²) in [6, 6.07) is 18.3. The molecular formula is C41H54ClN7O3. The number of hydrogen-bond acceptors (Lipinski definition) is 9. The summed E-state index contributed by atoms with van der Waals surface area (Å²) in [5.41, 5.74) is 2.73. The molecule has 278 valence electrons. The summed E-state index contributed by atoms with van der Waals surface area (Å²) in [4.78, 5) is 31.3. The topological polar surface area (TPSA) is 98.1 Å². The molecule has 2 aromatic carbocycles. The Morgan fingerprint density at radius 1 is 0.885 bits per heavy atom. The molecule has 1 amide bonds. The van der Waals surface area contributed by atoms with Crippen molar-refractivity contribution in [3.63, 3.8) is 0 Å². The SMILES string of the molecule is CC(C)(C)OC(=O)N1CCN(CC2CCN(C3CCN(c4nccc(COc5ccc(C(C)(C)c6cc(Cl)cc(C#N)c6)cc5)n4)CC3)CC2)CC1. The molecule has 11 heteroatoms. The van der Waals surface area contributed by atoms with E-state index in [9.17, 15) is 10.1 Å². The molecule has 10 nitrogen and oxygen atoms in total. The number of benzene rings is 2. The predicted molar refractivity (Wildman–Crippen MR) is 205 cm³/mol. The van der Waals surface area contributed by atoms with Crippen LogP contribution < -0.4 is 9.64 Å². The third kappa shape index (κ3) is 9.74. The van der Waals surface area contributed by atoms with E-state index in [1.54, 1.807) is 6.07 Å². The number of nitriles is 1. The average molecular weight is 728 g/mol. The number of likely N-dealkylation sites (tertiary alicyclic amines) is 1. The molecule has 0 radical (unpaired) electrons. The summed E-state index contributed by atoms with van der Waals surface area (Å²) in [5.74, 6) is 2.27. The summed E-state index contributed by atoms with van der Waals surface area (Å²) >= 11 is 6.30. The lowest BCUT2D eigenvalue weighted by Crippen LogP contribution is -2.52. The number of piperidine rings is 2. The summed E-state index contributed by atoms with van der Waals surface area (Å²) in [6.07, 6.45) is 6.37. The van der Waals surface area contributed by atoms with Crippen LogP contribution in [0.3, 0.4) is 0 Å². The lowest BCUT2D eigenvalue weighted by molar-refractivity contribution is 0.0117. The van der Waals surface area contributed by atoms with Gasteiger partial charge in [-0.3, -0.25) is 4.90 Å². The molecule has 1 aromatic heterocycles. The van der Waals surface area contributed by atoms with Gasteiger partial charge in [-0.25, -0.2) is 14.8 Å². The van der Waals surface area contributed by atoms with E-state index in [4.69, 9.17) is 26.1 Å². The van der Waals surface area contributed by atoms with Crippen molar-refractivity contribution in [3.05, 3.63) is 82.1 Å². The summed E-state index contributed by atoms with van der Waals surface area (Å²) in [5, 5.41) is 9.96. The van der Waals surface area contributed by atoms with Crippen LogP contribution >= 0.6 is 11.6 Å². The van der Waals surface area contributed by atoms with Crippen LogP contribution in [0.1, 0.15) is 82.7 Å². The van der Waals surface area contributed by atoms with Gasteiger partial charge in [0.25, 0.3) is 0 Å². The van der Waals surface area contributed by atoms with Crippen molar-refractivity contribution < 1.29 is 14.3 Å². The van der Waals surface area contributed by atoms with E-state index in [-0.39, 0.29) is 11.5 Å². The number of nitrogens with zero attached hydrogens (tertiary/aromatic N) is 7. The van der Waals surface area contributed by atoms with E-state index < -0.39 is 5.60 Å². The number of piperazine rings is 1. The first-order valence-electron chi connectivity index (χ1n) is 18.8. The van der Waals surface area contributed by atoms with Gasteiger partial charge in [-0.2, -0.15) is 5.26 Å². The lowest BCUT2D eigenvalue weighted by Gasteiger charge is -2.43. The van der Waals surface area contributed by atoms with E-state index in [0.29, 0.717) is 23.2 Å². The van der Waals surface area contributed by atoms with Gasteiger partial charge in [0.15, 0.2) is 0 Å². The predicted octanol–water partition coefficient (Wildman–Crippen LogP) is 7.14. The molecule has 0 spiro atoms. The maximum Gasteiger partial charge on any atom is 0.410 e. The van der Waals surface area contributed by atoms with E-state index in [2.05, 4.69) is 51.7 Å². The fraction of sp³-hybridized carbons (Fsp3) is 0.561. The van der Waals surface area contributed by atoms with Crippen LogP contribution in [0.5, 0.6) is 5.75 Å². The Hall–Kier alpha value is -3.91. The third-order valence-electron chi connectivity index (χ3n) is 10.9. The molecule has 3 fully saturated rings. The first-order chi connectivity index (χ1) is 24.9. The minimum Gasteiger partial charge on any atom is -0.487 e. The Bertz CT molecular complexity index is 1700. The zero-order valence-electron chi connectivity index (χ0n) is 31.5. The number of rotatable bonds is 9. The second-order valence-electron chi connectivity index (χ2n) is 16.1. The lowest BCUT2D eigenvalue weighted by atomic mass is 9.78. The fourth-order valence-electron chi connectivity index (χ4n) is 7.66. The zero-order valence-corrected chi connectivity index (χ0v) is 32.2. The van der Waals surface area contributed by atoms with Gasteiger partial charge in [0.2, 0.25) is 5.95 Å². The van der Waals surface area contributed by atoms with E-state index >= 15 is 0 Å². The maximum atomic E-state index is 12.4. The van der Waals surface area contributed by atoms with Gasteiger partial charge < -0.3 is 24.2 Å². The van der Waals surface area contributed by atoms with Crippen molar-refractivity contribution in [3.8, 4) is 11.8 Å². The molecule has 0 unspecified atom stereocenters. The summed E-state index contributed by atoms with van der Waals surface area (Å²) in [6.45, 7) is 19.1. The van der Waals surface area contributed by atoms with Gasteiger partial charge >= 0.3 is 6.09 Å². The number of aromatic nitrogens is 2. The first kappa shape index (κ1) is 37.8. The molecule has 0 atom stereocenters. The standard InChI is InChI=1S/C41H54ClN7O3/c1-40(2,3)52-39(50)49-22-20-46(21-23-49)28-30-11-16-47(17-12-30)36-13-18-48(19-14-36)38-44-15-10-35(45-38)29-51-37-8-6-32(7-9-37)41(4,5)33-24-31(27-43)25-34(42)26-33/h6-10,15,24-26,30,36H,11-14,16-23,28-29H2,1-5H3. The summed E-state index contributed by atoms with van der Waals surface area (Å²) in [7, 11) is 0. The Labute approximate surface area is 314 Å². The molecule has 0 bridgehead atoms. The van der Waals surface area contributed by atoms with Crippen LogP contribution in [0, 0.1) is 17.2 Å².